The van der Waals surface area contributed by atoms with Crippen LogP contribution in [0.2, 0.25) is 0 Å². The number of hydrogen-bond acceptors (Lipinski definition) is 4. The molecule has 3 aliphatic rings. The highest BCUT2D eigenvalue weighted by atomic mass is 19.1. The van der Waals surface area contributed by atoms with Gasteiger partial charge in [-0.15, -0.1) is 0 Å². The summed E-state index contributed by atoms with van der Waals surface area (Å²) in [5, 5.41) is 0. The molecule has 0 radical (unpaired) electrons. The summed E-state index contributed by atoms with van der Waals surface area (Å²) in [6, 6.07) is 10.4. The van der Waals surface area contributed by atoms with Gasteiger partial charge in [0, 0.05) is 30.1 Å². The first-order chi connectivity index (χ1) is 15.3. The highest BCUT2D eigenvalue weighted by Crippen LogP contribution is 2.51. The van der Waals surface area contributed by atoms with Crippen molar-refractivity contribution in [2.24, 2.45) is 5.92 Å². The second kappa shape index (κ2) is 7.87. The van der Waals surface area contributed by atoms with Crippen molar-refractivity contribution in [1.82, 2.24) is 4.90 Å². The summed E-state index contributed by atoms with van der Waals surface area (Å²) in [5.74, 6) is 0.903. The van der Waals surface area contributed by atoms with Gasteiger partial charge in [0.2, 0.25) is 0 Å². The topological polar surface area (TPSA) is 38.8 Å². The summed E-state index contributed by atoms with van der Waals surface area (Å²) >= 11 is 0. The molecule has 0 saturated carbocycles. The van der Waals surface area contributed by atoms with Crippen LogP contribution in [-0.2, 0) is 13.0 Å². The fraction of sp³-hybridized carbons (Fsp3) is 0.519. The van der Waals surface area contributed by atoms with Gasteiger partial charge in [-0.25, -0.2) is 4.39 Å². The number of ketones is 1. The third kappa shape index (κ3) is 3.51. The molecule has 2 bridgehead atoms. The van der Waals surface area contributed by atoms with Crippen LogP contribution in [0.4, 0.5) is 4.39 Å². The third-order valence-electron chi connectivity index (χ3n) is 7.76. The van der Waals surface area contributed by atoms with Gasteiger partial charge >= 0.3 is 0 Å². The Morgan fingerprint density at radius 3 is 2.41 bits per heavy atom. The molecule has 2 aliphatic heterocycles. The lowest BCUT2D eigenvalue weighted by Gasteiger charge is -2.32. The smallest absolute Gasteiger partial charge is 0.166 e. The number of rotatable bonds is 6. The van der Waals surface area contributed by atoms with Gasteiger partial charge in [-0.1, -0.05) is 29.3 Å². The lowest BCUT2D eigenvalue weighted by atomic mass is 9.79. The van der Waals surface area contributed by atoms with Crippen LogP contribution in [0.15, 0.2) is 30.3 Å². The summed E-state index contributed by atoms with van der Waals surface area (Å²) in [7, 11) is 3.16. The number of aryl methyl sites for hydroxylation is 2. The summed E-state index contributed by atoms with van der Waals surface area (Å²) in [4.78, 5) is 15.5. The summed E-state index contributed by atoms with van der Waals surface area (Å²) in [6.45, 7) is 5.01. The molecule has 2 heterocycles. The van der Waals surface area contributed by atoms with Gasteiger partial charge in [0.05, 0.1) is 14.2 Å². The Hall–Kier alpha value is -2.40. The fourth-order valence-electron chi connectivity index (χ4n) is 6.54. The maximum absolute atomic E-state index is 16.4. The minimum Gasteiger partial charge on any atom is -0.493 e. The first kappa shape index (κ1) is 21.4. The van der Waals surface area contributed by atoms with E-state index in [2.05, 4.69) is 36.9 Å². The molecule has 5 rings (SSSR count). The van der Waals surface area contributed by atoms with Gasteiger partial charge in [0.15, 0.2) is 17.3 Å². The third-order valence-corrected chi connectivity index (χ3v) is 7.76. The van der Waals surface area contributed by atoms with E-state index in [-0.39, 0.29) is 23.8 Å². The monoisotopic (exact) mass is 437 g/mol. The van der Waals surface area contributed by atoms with Crippen molar-refractivity contribution in [3.63, 3.8) is 0 Å². The Bertz CT molecular complexity index is 1050. The van der Waals surface area contributed by atoms with Gasteiger partial charge in [-0.2, -0.15) is 0 Å². The molecule has 0 spiro atoms. The molecule has 0 aromatic heterocycles. The number of methoxy groups -OCH3 is 2. The predicted molar refractivity (Wildman–Crippen MR) is 122 cm³/mol. The normalized spacial score (nSPS) is 28.9. The van der Waals surface area contributed by atoms with E-state index in [0.29, 0.717) is 36.3 Å². The number of fused-ring (bicyclic) bond motifs is 3. The standard InChI is InChI=1S/C27H32FNO3/c1-16-7-17(2)9-18(8-16)15-29-21-5-6-25(29)27(28,14-21)13-20-10-19-11-23(31-3)24(32-4)12-22(19)26(20)30/h7-9,11-12,20-21,25H,5-6,10,13-15H2,1-4H3. The number of nitrogens with zero attached hydrogens (tertiary/aromatic N) is 1. The van der Waals surface area contributed by atoms with E-state index in [1.54, 1.807) is 20.3 Å². The molecule has 170 valence electrons. The Kier molecular flexibility index (Phi) is 5.28. The first-order valence-corrected chi connectivity index (χ1v) is 11.6. The van der Waals surface area contributed by atoms with Crippen LogP contribution in [0.25, 0.3) is 0 Å². The second-order valence-electron chi connectivity index (χ2n) is 9.99. The van der Waals surface area contributed by atoms with E-state index >= 15 is 4.39 Å². The zero-order valence-corrected chi connectivity index (χ0v) is 19.4. The van der Waals surface area contributed by atoms with E-state index in [1.807, 2.05) is 6.07 Å². The van der Waals surface area contributed by atoms with Crippen molar-refractivity contribution in [3.05, 3.63) is 58.1 Å². The number of alkyl halides is 1. The van der Waals surface area contributed by atoms with Gasteiger partial charge in [0.25, 0.3) is 0 Å². The molecular weight excluding hydrogens is 405 g/mol. The van der Waals surface area contributed by atoms with Crippen molar-refractivity contribution in [2.75, 3.05) is 14.2 Å². The zero-order valence-electron chi connectivity index (χ0n) is 19.4. The molecule has 32 heavy (non-hydrogen) atoms. The van der Waals surface area contributed by atoms with Crippen molar-refractivity contribution in [3.8, 4) is 11.5 Å². The highest BCUT2D eigenvalue weighted by molar-refractivity contribution is 6.03. The zero-order chi connectivity index (χ0) is 22.6. The molecule has 2 saturated heterocycles. The summed E-state index contributed by atoms with van der Waals surface area (Å²) in [5.41, 5.74) is 4.05. The van der Waals surface area contributed by atoms with Crippen molar-refractivity contribution in [2.45, 2.75) is 70.2 Å². The fourth-order valence-corrected chi connectivity index (χ4v) is 6.54. The molecule has 2 fully saturated rings. The van der Waals surface area contributed by atoms with Crippen LogP contribution in [0, 0.1) is 19.8 Å². The Morgan fingerprint density at radius 1 is 1.03 bits per heavy atom. The molecule has 4 nitrogen and oxygen atoms in total. The molecule has 0 N–H and O–H groups in total. The number of benzene rings is 2. The molecule has 2 aromatic carbocycles. The quantitative estimate of drug-likeness (QED) is 0.622. The van der Waals surface area contributed by atoms with E-state index in [0.717, 1.165) is 24.9 Å². The molecule has 4 unspecified atom stereocenters. The largest absolute Gasteiger partial charge is 0.493 e. The number of ether oxygens (including phenoxy) is 2. The molecule has 2 aromatic rings. The minimum atomic E-state index is -1.31. The lowest BCUT2D eigenvalue weighted by Crippen LogP contribution is -2.41. The van der Waals surface area contributed by atoms with Crippen molar-refractivity contribution < 1.29 is 18.7 Å². The average Bonchev–Trinajstić information content (AvgIpc) is 3.35. The molecule has 5 heteroatoms. The molecule has 1 aliphatic carbocycles. The van der Waals surface area contributed by atoms with Crippen LogP contribution in [-0.4, -0.2) is 42.7 Å². The van der Waals surface area contributed by atoms with Crippen LogP contribution in [0.5, 0.6) is 11.5 Å². The predicted octanol–water partition coefficient (Wildman–Crippen LogP) is 5.21. The average molecular weight is 438 g/mol. The maximum Gasteiger partial charge on any atom is 0.166 e. The lowest BCUT2D eigenvalue weighted by molar-refractivity contribution is 0.0604. The van der Waals surface area contributed by atoms with E-state index in [4.69, 9.17) is 9.47 Å². The second-order valence-corrected chi connectivity index (χ2v) is 9.99. The van der Waals surface area contributed by atoms with Crippen LogP contribution >= 0.6 is 0 Å². The van der Waals surface area contributed by atoms with Crippen LogP contribution in [0.3, 0.4) is 0 Å². The molecule has 4 atom stereocenters. The molecule has 0 amide bonds. The van der Waals surface area contributed by atoms with Gasteiger partial charge in [0.1, 0.15) is 5.67 Å². The summed E-state index contributed by atoms with van der Waals surface area (Å²) in [6.07, 6.45) is 3.34. The Labute approximate surface area is 189 Å². The Morgan fingerprint density at radius 2 is 1.72 bits per heavy atom. The van der Waals surface area contributed by atoms with Crippen LogP contribution in [0.1, 0.15) is 58.3 Å². The first-order valence-electron chi connectivity index (χ1n) is 11.6. The number of hydrogen-bond donors (Lipinski definition) is 0. The molecular formula is C27H32FNO3. The maximum atomic E-state index is 16.4. The number of Topliss-reactive ketones (excluding diaryl/α,β-unsaturated/α-hetero) is 1. The van der Waals surface area contributed by atoms with Gasteiger partial charge in [-0.3, -0.25) is 9.69 Å². The van der Waals surface area contributed by atoms with Crippen molar-refractivity contribution >= 4 is 5.78 Å². The van der Waals surface area contributed by atoms with Gasteiger partial charge in [-0.05, 0) is 69.2 Å². The number of halogens is 1. The highest BCUT2D eigenvalue weighted by Gasteiger charge is 2.57. The number of carbonyl (C=O) groups is 1. The van der Waals surface area contributed by atoms with Crippen molar-refractivity contribution in [1.29, 1.82) is 0 Å². The van der Waals surface area contributed by atoms with Gasteiger partial charge < -0.3 is 9.47 Å². The number of carbonyl (C=O) groups excluding carboxylic acids is 1. The van der Waals surface area contributed by atoms with E-state index < -0.39 is 5.67 Å². The Balaban J connectivity index is 1.34. The van der Waals surface area contributed by atoms with E-state index in [9.17, 15) is 4.79 Å². The minimum absolute atomic E-state index is 0.0432. The SMILES string of the molecule is COc1cc2c(cc1OC)C(=O)C(CC1(F)CC3CCC1N3Cc1cc(C)cc(C)c1)C2. The van der Waals surface area contributed by atoms with E-state index in [1.165, 1.54) is 16.7 Å². The van der Waals surface area contributed by atoms with Crippen LogP contribution < -0.4 is 9.47 Å². The summed E-state index contributed by atoms with van der Waals surface area (Å²) < 4.78 is 27.2.